The van der Waals surface area contributed by atoms with E-state index < -0.39 is 0 Å². The van der Waals surface area contributed by atoms with Crippen molar-refractivity contribution in [3.05, 3.63) is 76.9 Å². The van der Waals surface area contributed by atoms with Crippen molar-refractivity contribution in [1.29, 1.82) is 0 Å². The van der Waals surface area contributed by atoms with E-state index in [1.807, 2.05) is 24.3 Å². The van der Waals surface area contributed by atoms with E-state index >= 15 is 0 Å². The second-order valence-corrected chi connectivity index (χ2v) is 10.3. The Balaban J connectivity index is 1.52. The predicted octanol–water partition coefficient (Wildman–Crippen LogP) is 6.34. The van der Waals surface area contributed by atoms with Crippen LogP contribution in [0, 0.1) is 6.92 Å². The molecule has 172 valence electrons. The zero-order chi connectivity index (χ0) is 23.8. The van der Waals surface area contributed by atoms with Crippen molar-refractivity contribution >= 4 is 28.6 Å². The maximum atomic E-state index is 12.6. The van der Waals surface area contributed by atoms with E-state index in [0.29, 0.717) is 18.4 Å². The van der Waals surface area contributed by atoms with Crippen molar-refractivity contribution in [3.63, 3.8) is 0 Å². The first-order valence-corrected chi connectivity index (χ1v) is 11.9. The van der Waals surface area contributed by atoms with Crippen LogP contribution in [0.1, 0.15) is 69.2 Å². The number of amides is 1. The highest BCUT2D eigenvalue weighted by atomic mass is 16.2. The van der Waals surface area contributed by atoms with Crippen LogP contribution in [-0.4, -0.2) is 23.7 Å². The van der Waals surface area contributed by atoms with Crippen molar-refractivity contribution in [2.24, 2.45) is 5.10 Å². The van der Waals surface area contributed by atoms with Gasteiger partial charge < -0.3 is 4.90 Å². The number of aryl methyl sites for hydroxylation is 1. The minimum atomic E-state index is -0.112. The third-order valence-corrected chi connectivity index (χ3v) is 6.80. The number of nitrogens with zero attached hydrogens (tertiary/aromatic N) is 2. The molecule has 1 heterocycles. The molecule has 4 heteroatoms. The summed E-state index contributed by atoms with van der Waals surface area (Å²) in [7, 11) is 0. The van der Waals surface area contributed by atoms with Crippen LogP contribution in [0.2, 0.25) is 0 Å². The van der Waals surface area contributed by atoms with E-state index in [1.165, 1.54) is 11.3 Å². The third-order valence-electron chi connectivity index (χ3n) is 6.80. The largest absolute Gasteiger partial charge is 0.364 e. The van der Waals surface area contributed by atoms with E-state index in [0.717, 1.165) is 33.9 Å². The van der Waals surface area contributed by atoms with Gasteiger partial charge in [0.15, 0.2) is 0 Å². The molecule has 1 N–H and O–H groups in total. The minimum absolute atomic E-state index is 0.112. The summed E-state index contributed by atoms with van der Waals surface area (Å²) in [5, 5.41) is 6.55. The molecule has 1 aliphatic rings. The number of nitrogens with one attached hydrogen (secondary N) is 1. The molecule has 1 amide bonds. The number of carbonyl (C=O) groups excluding carboxylic acids is 1. The van der Waals surface area contributed by atoms with E-state index in [4.69, 9.17) is 0 Å². The molecular formula is C29H35N3O. The second-order valence-electron chi connectivity index (χ2n) is 10.3. The summed E-state index contributed by atoms with van der Waals surface area (Å²) in [4.78, 5) is 15.1. The molecule has 0 saturated carbocycles. The van der Waals surface area contributed by atoms with Crippen LogP contribution in [-0.2, 0) is 11.2 Å². The molecule has 4 nitrogen and oxygen atoms in total. The Labute approximate surface area is 197 Å². The van der Waals surface area contributed by atoms with Crippen molar-refractivity contribution in [2.45, 2.75) is 71.9 Å². The van der Waals surface area contributed by atoms with Gasteiger partial charge in [-0.2, -0.15) is 5.10 Å². The standard InChI is InChI=1S/C29H35N3O/c1-19(2)32-27-14-20(3)24(15-26(27)21(4)17-29(32,5)6)18-30-31-28(33)16-23-12-9-11-22-10-7-8-13-25(22)23/h7-15,18-19,21H,16-17H2,1-6H3,(H,31,33)/b30-18-/t21-/m0/s1. The van der Waals surface area contributed by atoms with Crippen LogP contribution in [0.4, 0.5) is 5.69 Å². The van der Waals surface area contributed by atoms with Crippen LogP contribution >= 0.6 is 0 Å². The lowest BCUT2D eigenvalue weighted by molar-refractivity contribution is -0.120. The lowest BCUT2D eigenvalue weighted by Crippen LogP contribution is -2.51. The van der Waals surface area contributed by atoms with Gasteiger partial charge in [0.2, 0.25) is 5.91 Å². The summed E-state index contributed by atoms with van der Waals surface area (Å²) in [6, 6.07) is 19.2. The van der Waals surface area contributed by atoms with Gasteiger partial charge in [0, 0.05) is 17.3 Å². The molecule has 0 aliphatic carbocycles. The fraction of sp³-hybridized carbons (Fsp3) is 0.379. The predicted molar refractivity (Wildman–Crippen MR) is 139 cm³/mol. The van der Waals surface area contributed by atoms with Crippen molar-refractivity contribution in [3.8, 4) is 0 Å². The first kappa shape index (κ1) is 23.0. The fourth-order valence-corrected chi connectivity index (χ4v) is 5.56. The Kier molecular flexibility index (Phi) is 6.29. The smallest absolute Gasteiger partial charge is 0.244 e. The molecule has 0 saturated heterocycles. The number of rotatable bonds is 5. The molecule has 0 spiro atoms. The van der Waals surface area contributed by atoms with E-state index in [9.17, 15) is 4.79 Å². The minimum Gasteiger partial charge on any atom is -0.364 e. The number of anilines is 1. The van der Waals surface area contributed by atoms with Crippen LogP contribution in [0.3, 0.4) is 0 Å². The fourth-order valence-electron chi connectivity index (χ4n) is 5.56. The molecule has 0 unspecified atom stereocenters. The molecule has 3 aromatic carbocycles. The van der Waals surface area contributed by atoms with Gasteiger partial charge >= 0.3 is 0 Å². The van der Waals surface area contributed by atoms with Crippen LogP contribution < -0.4 is 10.3 Å². The number of benzene rings is 3. The van der Waals surface area contributed by atoms with E-state index in [2.05, 4.69) is 87.3 Å². The maximum absolute atomic E-state index is 12.6. The molecule has 0 fully saturated rings. The highest BCUT2D eigenvalue weighted by molar-refractivity contribution is 5.91. The second kappa shape index (κ2) is 9.01. The molecule has 33 heavy (non-hydrogen) atoms. The molecule has 1 atom stereocenters. The molecule has 4 rings (SSSR count). The average Bonchev–Trinajstić information content (AvgIpc) is 2.74. The zero-order valence-corrected chi connectivity index (χ0v) is 20.6. The van der Waals surface area contributed by atoms with Crippen LogP contribution in [0.5, 0.6) is 0 Å². The Morgan fingerprint density at radius 2 is 1.91 bits per heavy atom. The SMILES string of the molecule is Cc1cc2c(cc1/C=N\NC(=O)Cc1cccc3ccccc13)[C@@H](C)CC(C)(C)N2C(C)C. The van der Waals surface area contributed by atoms with Crippen LogP contribution in [0.15, 0.2) is 59.7 Å². The van der Waals surface area contributed by atoms with Gasteiger partial charge in [-0.15, -0.1) is 0 Å². The highest BCUT2D eigenvalue weighted by Crippen LogP contribution is 2.45. The maximum Gasteiger partial charge on any atom is 0.244 e. The lowest BCUT2D eigenvalue weighted by atomic mass is 9.78. The third kappa shape index (κ3) is 4.66. The lowest BCUT2D eigenvalue weighted by Gasteiger charge is -2.50. The Bertz CT molecular complexity index is 1200. The number of hydrazone groups is 1. The highest BCUT2D eigenvalue weighted by Gasteiger charge is 2.37. The van der Waals surface area contributed by atoms with E-state index in [-0.39, 0.29) is 11.4 Å². The number of hydrogen-bond donors (Lipinski definition) is 1. The zero-order valence-electron chi connectivity index (χ0n) is 20.6. The first-order valence-electron chi connectivity index (χ1n) is 11.9. The molecule has 1 aliphatic heterocycles. The van der Waals surface area contributed by atoms with Gasteiger partial charge in [-0.3, -0.25) is 4.79 Å². The monoisotopic (exact) mass is 441 g/mol. The Hall–Kier alpha value is -3.14. The Morgan fingerprint density at radius 3 is 2.67 bits per heavy atom. The number of fused-ring (bicyclic) bond motifs is 2. The molecule has 0 bridgehead atoms. The summed E-state index contributed by atoms with van der Waals surface area (Å²) >= 11 is 0. The van der Waals surface area contributed by atoms with Crippen molar-refractivity contribution in [1.82, 2.24) is 5.43 Å². The van der Waals surface area contributed by atoms with Gasteiger partial charge in [0.05, 0.1) is 12.6 Å². The molecule has 0 aromatic heterocycles. The van der Waals surface area contributed by atoms with Gasteiger partial charge in [0.25, 0.3) is 0 Å². The topological polar surface area (TPSA) is 44.7 Å². The Morgan fingerprint density at radius 1 is 1.18 bits per heavy atom. The van der Waals surface area contributed by atoms with Crippen LogP contribution in [0.25, 0.3) is 10.8 Å². The normalized spacial score (nSPS) is 17.5. The van der Waals surface area contributed by atoms with Gasteiger partial charge in [-0.1, -0.05) is 49.4 Å². The molecule has 0 radical (unpaired) electrons. The quantitative estimate of drug-likeness (QED) is 0.371. The summed E-state index contributed by atoms with van der Waals surface area (Å²) in [5.74, 6) is 0.359. The molecular weight excluding hydrogens is 406 g/mol. The van der Waals surface area contributed by atoms with Gasteiger partial charge in [0.1, 0.15) is 0 Å². The summed E-state index contributed by atoms with van der Waals surface area (Å²) in [6.07, 6.45) is 3.19. The summed E-state index contributed by atoms with van der Waals surface area (Å²) in [5.41, 5.74) is 8.75. The number of carbonyl (C=O) groups is 1. The summed E-state index contributed by atoms with van der Waals surface area (Å²) in [6.45, 7) is 13.6. The van der Waals surface area contributed by atoms with Crippen molar-refractivity contribution < 1.29 is 4.79 Å². The average molecular weight is 442 g/mol. The van der Waals surface area contributed by atoms with Gasteiger partial charge in [-0.05, 0) is 92.1 Å². The number of hydrogen-bond acceptors (Lipinski definition) is 3. The van der Waals surface area contributed by atoms with Gasteiger partial charge in [-0.25, -0.2) is 5.43 Å². The summed E-state index contributed by atoms with van der Waals surface area (Å²) < 4.78 is 0. The van der Waals surface area contributed by atoms with Crippen molar-refractivity contribution in [2.75, 3.05) is 4.90 Å². The van der Waals surface area contributed by atoms with E-state index in [1.54, 1.807) is 6.21 Å². The molecule has 3 aromatic rings. The first-order chi connectivity index (χ1) is 15.7.